The summed E-state index contributed by atoms with van der Waals surface area (Å²) in [6, 6.07) is 22.2. The first-order chi connectivity index (χ1) is 22.7. The van der Waals surface area contributed by atoms with E-state index in [1.807, 2.05) is 54.3 Å². The van der Waals surface area contributed by atoms with Crippen LogP contribution < -0.4 is 15.5 Å². The Balaban J connectivity index is 1.27. The van der Waals surface area contributed by atoms with E-state index in [-0.39, 0.29) is 17.5 Å². The lowest BCUT2D eigenvalue weighted by Crippen LogP contribution is -2.33. The first-order valence-corrected chi connectivity index (χ1v) is 16.1. The minimum Gasteiger partial charge on any atom is -0.476 e. The lowest BCUT2D eigenvalue weighted by Gasteiger charge is -2.31. The number of thiazole rings is 1. The van der Waals surface area contributed by atoms with Gasteiger partial charge in [-0.05, 0) is 84.5 Å². The molecule has 0 bridgehead atoms. The highest BCUT2D eigenvalue weighted by molar-refractivity contribution is 7.22. The van der Waals surface area contributed by atoms with Gasteiger partial charge in [-0.25, -0.2) is 14.8 Å². The lowest BCUT2D eigenvalue weighted by molar-refractivity contribution is 0.0691. The average Bonchev–Trinajstić information content (AvgIpc) is 3.49. The molecule has 0 atom stereocenters. The summed E-state index contributed by atoms with van der Waals surface area (Å²) in [6.07, 6.45) is 5.13. The third-order valence-electron chi connectivity index (χ3n) is 8.14. The summed E-state index contributed by atoms with van der Waals surface area (Å²) in [5, 5.41) is 16.5. The molecular formula is C37H33N5O4S. The molecule has 3 heterocycles. The number of aromatic nitrogens is 2. The summed E-state index contributed by atoms with van der Waals surface area (Å²) in [7, 11) is 0. The zero-order valence-corrected chi connectivity index (χ0v) is 26.9. The van der Waals surface area contributed by atoms with E-state index < -0.39 is 5.97 Å². The molecule has 0 radical (unpaired) electrons. The number of pyridine rings is 1. The molecule has 0 spiro atoms. The number of carboxylic acids is 1. The summed E-state index contributed by atoms with van der Waals surface area (Å²) in [4.78, 5) is 50.2. The number of hydrogen-bond donors (Lipinski definition) is 3. The van der Waals surface area contributed by atoms with Gasteiger partial charge in [-0.3, -0.25) is 14.9 Å². The van der Waals surface area contributed by atoms with Gasteiger partial charge in [-0.15, -0.1) is 0 Å². The van der Waals surface area contributed by atoms with Gasteiger partial charge in [0.1, 0.15) is 5.82 Å². The maximum Gasteiger partial charge on any atom is 0.355 e. The zero-order valence-electron chi connectivity index (χ0n) is 26.0. The highest BCUT2D eigenvalue weighted by Crippen LogP contribution is 2.33. The molecule has 0 saturated carbocycles. The second kappa shape index (κ2) is 13.4. The van der Waals surface area contributed by atoms with Crippen molar-refractivity contribution in [3.63, 3.8) is 0 Å². The van der Waals surface area contributed by atoms with Gasteiger partial charge in [0.15, 0.2) is 10.8 Å². The molecule has 1 aliphatic rings. The summed E-state index contributed by atoms with van der Waals surface area (Å²) >= 11 is 1.42. The van der Waals surface area contributed by atoms with Gasteiger partial charge in [0.05, 0.1) is 10.2 Å². The number of para-hydroxylation sites is 1. The number of aromatic carboxylic acids is 1. The molecule has 236 valence electrons. The van der Waals surface area contributed by atoms with E-state index in [0.29, 0.717) is 64.0 Å². The van der Waals surface area contributed by atoms with Gasteiger partial charge in [-0.2, -0.15) is 0 Å². The number of benzene rings is 3. The third kappa shape index (κ3) is 6.54. The van der Waals surface area contributed by atoms with E-state index in [4.69, 9.17) is 0 Å². The van der Waals surface area contributed by atoms with Gasteiger partial charge >= 0.3 is 5.97 Å². The molecule has 3 N–H and O–H groups in total. The second-order valence-electron chi connectivity index (χ2n) is 11.2. The van der Waals surface area contributed by atoms with Crippen LogP contribution in [0.1, 0.15) is 61.2 Å². The number of rotatable bonds is 9. The number of allylic oxidation sites excluding steroid dienone is 2. The van der Waals surface area contributed by atoms with E-state index in [1.165, 1.54) is 11.3 Å². The minimum absolute atomic E-state index is 0.119. The number of fused-ring (bicyclic) bond motifs is 2. The van der Waals surface area contributed by atoms with Crippen molar-refractivity contribution in [2.75, 3.05) is 16.8 Å². The number of carbonyl (C=O) groups is 3. The Bertz CT molecular complexity index is 2050. The van der Waals surface area contributed by atoms with Gasteiger partial charge in [0, 0.05) is 35.5 Å². The number of hydrogen-bond acceptors (Lipinski definition) is 7. The smallest absolute Gasteiger partial charge is 0.355 e. The standard InChI is InChI=1S/C37H33N5O4S/c1-4-5-10-22(2)38-34(43)26-13-9-12-25(23(26)3)27-17-18-32(40-33(27)36(45)46)42-20-19-24-11-8-14-28(29(24)21-42)35(44)41-37-39-30-15-6-7-16-31(30)47-37/h5-18H,2,4,19-21H2,1,3H3,(H,38,43)(H,45,46)(H,39,41,44)/b10-5-. The van der Waals surface area contributed by atoms with Crippen molar-refractivity contribution in [1.29, 1.82) is 0 Å². The summed E-state index contributed by atoms with van der Waals surface area (Å²) in [5.41, 5.74) is 5.70. The Morgan fingerprint density at radius 3 is 2.53 bits per heavy atom. The van der Waals surface area contributed by atoms with Gasteiger partial charge in [0.2, 0.25) is 0 Å². The van der Waals surface area contributed by atoms with Gasteiger partial charge in [0.25, 0.3) is 11.8 Å². The topological polar surface area (TPSA) is 125 Å². The van der Waals surface area contributed by atoms with Crippen LogP contribution in [-0.4, -0.2) is 39.4 Å². The highest BCUT2D eigenvalue weighted by atomic mass is 32.1. The number of anilines is 2. The average molecular weight is 644 g/mol. The van der Waals surface area contributed by atoms with E-state index in [0.717, 1.165) is 27.8 Å². The maximum atomic E-state index is 13.5. The van der Waals surface area contributed by atoms with Gasteiger partial charge in [-0.1, -0.05) is 67.3 Å². The minimum atomic E-state index is -1.18. The van der Waals surface area contributed by atoms with Crippen LogP contribution in [0.3, 0.4) is 0 Å². The van der Waals surface area contributed by atoms with Crippen molar-refractivity contribution in [1.82, 2.24) is 15.3 Å². The van der Waals surface area contributed by atoms with E-state index >= 15 is 0 Å². The third-order valence-corrected chi connectivity index (χ3v) is 9.09. The molecule has 9 nitrogen and oxygen atoms in total. The van der Waals surface area contributed by atoms with Crippen molar-refractivity contribution in [2.45, 2.75) is 33.2 Å². The van der Waals surface area contributed by atoms with E-state index in [9.17, 15) is 19.5 Å². The largest absolute Gasteiger partial charge is 0.476 e. The predicted molar refractivity (Wildman–Crippen MR) is 186 cm³/mol. The molecular weight excluding hydrogens is 611 g/mol. The van der Waals surface area contributed by atoms with Crippen LogP contribution in [0.25, 0.3) is 21.3 Å². The first-order valence-electron chi connectivity index (χ1n) is 15.3. The Labute approximate surface area is 276 Å². The normalized spacial score (nSPS) is 12.6. The summed E-state index contributed by atoms with van der Waals surface area (Å²) < 4.78 is 0.990. The van der Waals surface area contributed by atoms with E-state index in [1.54, 1.807) is 49.4 Å². The second-order valence-corrected chi connectivity index (χ2v) is 12.2. The predicted octanol–water partition coefficient (Wildman–Crippen LogP) is 7.39. The molecule has 0 saturated heterocycles. The van der Waals surface area contributed by atoms with Crippen molar-refractivity contribution in [3.8, 4) is 11.1 Å². The van der Waals surface area contributed by atoms with Crippen molar-refractivity contribution >= 4 is 50.3 Å². The van der Waals surface area contributed by atoms with Crippen LogP contribution in [-0.2, 0) is 13.0 Å². The van der Waals surface area contributed by atoms with Crippen LogP contribution in [0, 0.1) is 6.92 Å². The molecule has 5 aromatic rings. The molecule has 10 heteroatoms. The Hall–Kier alpha value is -5.61. The molecule has 0 aliphatic carbocycles. The maximum absolute atomic E-state index is 13.5. The Morgan fingerprint density at radius 2 is 1.74 bits per heavy atom. The molecule has 0 unspecified atom stereocenters. The van der Waals surface area contributed by atoms with Crippen molar-refractivity contribution in [3.05, 3.63) is 131 Å². The SMILES string of the molecule is C=C(/C=C\CC)NC(=O)c1cccc(-c2ccc(N3CCc4cccc(C(=O)Nc5nc6ccccc6s5)c4C3)nc2C(=O)O)c1C. The molecule has 1 aliphatic heterocycles. The molecule has 2 aromatic heterocycles. The summed E-state index contributed by atoms with van der Waals surface area (Å²) in [6.45, 7) is 8.65. The monoisotopic (exact) mass is 643 g/mol. The number of amides is 2. The number of carboxylic acid groups (broad SMARTS) is 1. The highest BCUT2D eigenvalue weighted by Gasteiger charge is 2.26. The van der Waals surface area contributed by atoms with Crippen molar-refractivity contribution in [2.24, 2.45) is 0 Å². The van der Waals surface area contributed by atoms with Crippen molar-refractivity contribution < 1.29 is 19.5 Å². The lowest BCUT2D eigenvalue weighted by atomic mass is 9.93. The first kappa shape index (κ1) is 31.4. The number of nitrogens with one attached hydrogen (secondary N) is 2. The van der Waals surface area contributed by atoms with Crippen LogP contribution >= 0.6 is 11.3 Å². The molecule has 0 fully saturated rings. The quantitative estimate of drug-likeness (QED) is 0.143. The fraction of sp³-hybridized carbons (Fsp3) is 0.162. The van der Waals surface area contributed by atoms with Crippen LogP contribution in [0.2, 0.25) is 0 Å². The molecule has 2 amide bonds. The number of nitrogens with zero attached hydrogens (tertiary/aromatic N) is 3. The zero-order chi connectivity index (χ0) is 33.1. The number of carbonyl (C=O) groups excluding carboxylic acids is 2. The van der Waals surface area contributed by atoms with E-state index in [2.05, 4.69) is 27.2 Å². The van der Waals surface area contributed by atoms with Crippen LogP contribution in [0.5, 0.6) is 0 Å². The fourth-order valence-electron chi connectivity index (χ4n) is 5.77. The fourth-order valence-corrected chi connectivity index (χ4v) is 6.63. The Kier molecular flexibility index (Phi) is 8.94. The molecule has 3 aromatic carbocycles. The van der Waals surface area contributed by atoms with Gasteiger partial charge < -0.3 is 15.3 Å². The van der Waals surface area contributed by atoms with Crippen LogP contribution in [0.4, 0.5) is 10.9 Å². The van der Waals surface area contributed by atoms with Crippen LogP contribution in [0.15, 0.2) is 97.2 Å². The Morgan fingerprint density at radius 1 is 0.957 bits per heavy atom. The molecule has 6 rings (SSSR count). The summed E-state index contributed by atoms with van der Waals surface area (Å²) in [5.74, 6) is -1.26. The molecule has 47 heavy (non-hydrogen) atoms.